The molecular formula is C14H15N3O4. The van der Waals surface area contributed by atoms with Crippen molar-refractivity contribution >= 4 is 11.9 Å². The van der Waals surface area contributed by atoms with Crippen LogP contribution >= 0.6 is 0 Å². The third-order valence-electron chi connectivity index (χ3n) is 2.85. The number of benzene rings is 1. The van der Waals surface area contributed by atoms with Crippen molar-refractivity contribution in [3.63, 3.8) is 0 Å². The molecule has 0 bridgehead atoms. The lowest BCUT2D eigenvalue weighted by atomic mass is 10.1. The summed E-state index contributed by atoms with van der Waals surface area (Å²) in [6.07, 6.45) is 0. The van der Waals surface area contributed by atoms with E-state index in [0.717, 1.165) is 0 Å². The number of carboxylic acids is 1. The maximum atomic E-state index is 12.2. The molecule has 110 valence electrons. The summed E-state index contributed by atoms with van der Waals surface area (Å²) in [7, 11) is 0. The van der Waals surface area contributed by atoms with Crippen LogP contribution < -0.4 is 5.32 Å². The molecule has 0 saturated carbocycles. The van der Waals surface area contributed by atoms with Gasteiger partial charge in [0, 0.05) is 5.56 Å². The van der Waals surface area contributed by atoms with Crippen LogP contribution in [0.2, 0.25) is 0 Å². The van der Waals surface area contributed by atoms with Gasteiger partial charge in [0.25, 0.3) is 5.91 Å². The first-order valence-electron chi connectivity index (χ1n) is 6.33. The molecular weight excluding hydrogens is 274 g/mol. The molecule has 1 aromatic heterocycles. The molecule has 21 heavy (non-hydrogen) atoms. The number of aromatic carboxylic acids is 1. The Bertz CT molecular complexity index is 693. The summed E-state index contributed by atoms with van der Waals surface area (Å²) in [6.45, 7) is 5.12. The Morgan fingerprint density at radius 3 is 2.48 bits per heavy atom. The van der Waals surface area contributed by atoms with E-state index in [0.29, 0.717) is 17.3 Å². The second kappa shape index (κ2) is 5.74. The van der Waals surface area contributed by atoms with E-state index in [4.69, 9.17) is 9.63 Å². The molecule has 2 rings (SSSR count). The molecule has 0 fully saturated rings. The number of carbonyl (C=O) groups excluding carboxylic acids is 1. The highest BCUT2D eigenvalue weighted by Gasteiger charge is 2.18. The van der Waals surface area contributed by atoms with E-state index in [1.807, 2.05) is 0 Å². The maximum Gasteiger partial charge on any atom is 0.335 e. The predicted molar refractivity (Wildman–Crippen MR) is 73.1 cm³/mol. The van der Waals surface area contributed by atoms with E-state index in [1.165, 1.54) is 12.1 Å². The minimum absolute atomic E-state index is 0.0708. The van der Waals surface area contributed by atoms with Gasteiger partial charge in [0.05, 0.1) is 5.56 Å². The molecule has 0 aliphatic carbocycles. The zero-order valence-corrected chi connectivity index (χ0v) is 11.9. The summed E-state index contributed by atoms with van der Waals surface area (Å²) in [5, 5.41) is 15.4. The summed E-state index contributed by atoms with van der Waals surface area (Å²) >= 11 is 0. The van der Waals surface area contributed by atoms with Gasteiger partial charge in [-0.15, -0.1) is 0 Å². The van der Waals surface area contributed by atoms with Crippen LogP contribution in [-0.4, -0.2) is 27.1 Å². The monoisotopic (exact) mass is 289 g/mol. The van der Waals surface area contributed by atoms with E-state index in [2.05, 4.69) is 15.5 Å². The molecule has 2 aromatic rings. The molecule has 7 heteroatoms. The minimum Gasteiger partial charge on any atom is -0.478 e. The summed E-state index contributed by atoms with van der Waals surface area (Å²) in [6, 6.07) is 3.99. The fraction of sp³-hybridized carbons (Fsp3) is 0.286. The molecule has 2 N–H and O–H groups in total. The first-order valence-corrected chi connectivity index (χ1v) is 6.33. The molecule has 0 spiro atoms. The quantitative estimate of drug-likeness (QED) is 0.890. The number of carbonyl (C=O) groups is 2. The van der Waals surface area contributed by atoms with E-state index < -0.39 is 17.9 Å². The van der Waals surface area contributed by atoms with Crippen molar-refractivity contribution in [2.75, 3.05) is 0 Å². The molecule has 1 aromatic carbocycles. The van der Waals surface area contributed by atoms with Gasteiger partial charge in [0.2, 0.25) is 5.89 Å². The highest BCUT2D eigenvalue weighted by molar-refractivity contribution is 5.97. The number of hydrogen-bond donors (Lipinski definition) is 2. The van der Waals surface area contributed by atoms with Gasteiger partial charge in [-0.2, -0.15) is 4.98 Å². The predicted octanol–water partition coefficient (Wildman–Crippen LogP) is 1.88. The smallest absolute Gasteiger partial charge is 0.335 e. The molecule has 0 aliphatic rings. The Labute approximate surface area is 121 Å². The Morgan fingerprint density at radius 2 is 1.90 bits per heavy atom. The number of nitrogens with one attached hydrogen (secondary N) is 1. The van der Waals surface area contributed by atoms with E-state index in [9.17, 15) is 9.59 Å². The molecule has 1 heterocycles. The lowest BCUT2D eigenvalue weighted by Gasteiger charge is -2.10. The zero-order valence-electron chi connectivity index (χ0n) is 11.9. The van der Waals surface area contributed by atoms with E-state index >= 15 is 0 Å². The molecule has 0 aliphatic heterocycles. The number of nitrogens with zero attached hydrogens (tertiary/aromatic N) is 2. The van der Waals surface area contributed by atoms with Crippen LogP contribution in [-0.2, 0) is 0 Å². The lowest BCUT2D eigenvalue weighted by molar-refractivity contribution is 0.0696. The van der Waals surface area contributed by atoms with Crippen molar-refractivity contribution in [1.82, 2.24) is 15.5 Å². The van der Waals surface area contributed by atoms with Crippen molar-refractivity contribution in [2.24, 2.45) is 0 Å². The summed E-state index contributed by atoms with van der Waals surface area (Å²) in [4.78, 5) is 27.2. The number of hydrogen-bond acceptors (Lipinski definition) is 5. The van der Waals surface area contributed by atoms with Crippen molar-refractivity contribution in [3.8, 4) is 0 Å². The maximum absolute atomic E-state index is 12.2. The van der Waals surface area contributed by atoms with Crippen LogP contribution in [0.5, 0.6) is 0 Å². The molecule has 7 nitrogen and oxygen atoms in total. The van der Waals surface area contributed by atoms with Crippen molar-refractivity contribution in [3.05, 3.63) is 46.6 Å². The van der Waals surface area contributed by atoms with Crippen molar-refractivity contribution < 1.29 is 19.2 Å². The first-order chi connectivity index (χ1) is 9.86. The number of aromatic nitrogens is 2. The van der Waals surface area contributed by atoms with Crippen molar-refractivity contribution in [2.45, 2.75) is 26.8 Å². The SMILES string of the molecule is Cc1cc(C(=O)O)cc(C(=O)NC(C)c2nc(C)no2)c1. The Kier molecular flexibility index (Phi) is 4.02. The first kappa shape index (κ1) is 14.7. The fourth-order valence-corrected chi connectivity index (χ4v) is 1.87. The van der Waals surface area contributed by atoms with Gasteiger partial charge in [0.15, 0.2) is 5.82 Å². The standard InChI is InChI=1S/C14H15N3O4/c1-7-4-10(6-11(5-7)14(19)20)12(18)15-8(2)13-16-9(3)17-21-13/h4-6,8H,1-3H3,(H,15,18)(H,19,20). The Balaban J connectivity index is 2.18. The summed E-state index contributed by atoms with van der Waals surface area (Å²) < 4.78 is 4.98. The highest BCUT2D eigenvalue weighted by atomic mass is 16.5. The number of rotatable bonds is 4. The molecule has 1 unspecified atom stereocenters. The number of amides is 1. The second-order valence-electron chi connectivity index (χ2n) is 4.77. The highest BCUT2D eigenvalue weighted by Crippen LogP contribution is 2.13. The third-order valence-corrected chi connectivity index (χ3v) is 2.85. The third kappa shape index (κ3) is 3.44. The average Bonchev–Trinajstić information content (AvgIpc) is 2.84. The summed E-state index contributed by atoms with van der Waals surface area (Å²) in [5.41, 5.74) is 1.04. The fourth-order valence-electron chi connectivity index (χ4n) is 1.87. The number of aryl methyl sites for hydroxylation is 2. The van der Waals surface area contributed by atoms with Gasteiger partial charge < -0.3 is 14.9 Å². The second-order valence-corrected chi connectivity index (χ2v) is 4.77. The van der Waals surface area contributed by atoms with E-state index in [1.54, 1.807) is 26.8 Å². The largest absolute Gasteiger partial charge is 0.478 e. The van der Waals surface area contributed by atoms with Gasteiger partial charge in [-0.1, -0.05) is 5.16 Å². The van der Waals surface area contributed by atoms with Gasteiger partial charge in [-0.3, -0.25) is 4.79 Å². The van der Waals surface area contributed by atoms with Crippen LogP contribution in [0.25, 0.3) is 0 Å². The average molecular weight is 289 g/mol. The van der Waals surface area contributed by atoms with Gasteiger partial charge in [-0.25, -0.2) is 4.79 Å². The Hall–Kier alpha value is -2.70. The zero-order chi connectivity index (χ0) is 15.6. The topological polar surface area (TPSA) is 105 Å². The van der Waals surface area contributed by atoms with Crippen LogP contribution in [0, 0.1) is 13.8 Å². The molecule has 0 radical (unpaired) electrons. The molecule has 1 amide bonds. The van der Waals surface area contributed by atoms with Crippen LogP contribution in [0.3, 0.4) is 0 Å². The van der Waals surface area contributed by atoms with Gasteiger partial charge in [0.1, 0.15) is 6.04 Å². The molecule has 1 atom stereocenters. The normalized spacial score (nSPS) is 12.0. The lowest BCUT2D eigenvalue weighted by Crippen LogP contribution is -2.27. The summed E-state index contributed by atoms with van der Waals surface area (Å²) in [5.74, 6) is -0.695. The van der Waals surface area contributed by atoms with Crippen LogP contribution in [0.15, 0.2) is 22.7 Å². The Morgan fingerprint density at radius 1 is 1.24 bits per heavy atom. The molecule has 0 saturated heterocycles. The van der Waals surface area contributed by atoms with Crippen LogP contribution in [0.4, 0.5) is 0 Å². The minimum atomic E-state index is -1.08. The van der Waals surface area contributed by atoms with Crippen molar-refractivity contribution in [1.29, 1.82) is 0 Å². The van der Waals surface area contributed by atoms with Gasteiger partial charge in [-0.05, 0) is 44.5 Å². The van der Waals surface area contributed by atoms with Gasteiger partial charge >= 0.3 is 5.97 Å². The van der Waals surface area contributed by atoms with E-state index in [-0.39, 0.29) is 11.1 Å². The number of carboxylic acid groups (broad SMARTS) is 1. The van der Waals surface area contributed by atoms with Crippen LogP contribution in [0.1, 0.15) is 51.0 Å².